The van der Waals surface area contributed by atoms with Gasteiger partial charge in [0.25, 0.3) is 0 Å². The highest BCUT2D eigenvalue weighted by Gasteiger charge is 2.39. The zero-order valence-corrected chi connectivity index (χ0v) is 23.3. The molecule has 6 nitrogen and oxygen atoms in total. The SMILES string of the molecule is COc1ccc(OCc2c(Cl)cc(F)cc2[C@H](C)NCC(CC(=O)O)O[Si](C)(C)C(C)(C)C)cc1. The van der Waals surface area contributed by atoms with Gasteiger partial charge in [0.2, 0.25) is 0 Å². The quantitative estimate of drug-likeness (QED) is 0.305. The van der Waals surface area contributed by atoms with Crippen LogP contribution in [0.25, 0.3) is 0 Å². The minimum absolute atomic E-state index is 0.0581. The Morgan fingerprint density at radius 2 is 1.77 bits per heavy atom. The van der Waals surface area contributed by atoms with Crippen molar-refractivity contribution in [3.8, 4) is 11.5 Å². The van der Waals surface area contributed by atoms with Gasteiger partial charge in [-0.1, -0.05) is 32.4 Å². The summed E-state index contributed by atoms with van der Waals surface area (Å²) in [4.78, 5) is 11.5. The second kappa shape index (κ2) is 12.2. The molecule has 0 radical (unpaired) electrons. The first-order chi connectivity index (χ1) is 16.2. The zero-order chi connectivity index (χ0) is 26.4. The van der Waals surface area contributed by atoms with Crippen molar-refractivity contribution in [1.82, 2.24) is 5.32 Å². The Labute approximate surface area is 213 Å². The monoisotopic (exact) mass is 525 g/mol. The fourth-order valence-electron chi connectivity index (χ4n) is 3.35. The van der Waals surface area contributed by atoms with Gasteiger partial charge in [-0.3, -0.25) is 4.79 Å². The van der Waals surface area contributed by atoms with Crippen LogP contribution in [0.3, 0.4) is 0 Å². The summed E-state index contributed by atoms with van der Waals surface area (Å²) in [6.07, 6.45) is -0.636. The van der Waals surface area contributed by atoms with E-state index in [2.05, 4.69) is 39.2 Å². The van der Waals surface area contributed by atoms with Crippen molar-refractivity contribution >= 4 is 25.9 Å². The number of carboxylic acid groups (broad SMARTS) is 1. The molecule has 0 saturated carbocycles. The van der Waals surface area contributed by atoms with E-state index in [1.807, 2.05) is 6.92 Å². The summed E-state index contributed by atoms with van der Waals surface area (Å²) < 4.78 is 31.7. The first-order valence-electron chi connectivity index (χ1n) is 11.6. The molecular weight excluding hydrogens is 489 g/mol. The third-order valence-corrected chi connectivity index (χ3v) is 11.3. The van der Waals surface area contributed by atoms with Crippen LogP contribution in [0.5, 0.6) is 11.5 Å². The summed E-state index contributed by atoms with van der Waals surface area (Å²) in [5.74, 6) is -0.0365. The van der Waals surface area contributed by atoms with Gasteiger partial charge in [-0.05, 0) is 67.0 Å². The molecule has 0 aliphatic carbocycles. The first kappa shape index (κ1) is 29.1. The number of halogens is 2. The minimum atomic E-state index is -2.19. The highest BCUT2D eigenvalue weighted by molar-refractivity contribution is 6.74. The Morgan fingerprint density at radius 3 is 2.31 bits per heavy atom. The summed E-state index contributed by atoms with van der Waals surface area (Å²) in [5.41, 5.74) is 1.30. The van der Waals surface area contributed by atoms with Crippen molar-refractivity contribution in [2.75, 3.05) is 13.7 Å². The number of aliphatic carboxylic acids is 1. The topological polar surface area (TPSA) is 77.0 Å². The Hall–Kier alpha value is -2.13. The van der Waals surface area contributed by atoms with Crippen LogP contribution in [-0.2, 0) is 15.8 Å². The van der Waals surface area contributed by atoms with Crippen LogP contribution in [0.2, 0.25) is 23.2 Å². The van der Waals surface area contributed by atoms with Gasteiger partial charge in [0.05, 0.1) is 24.7 Å². The molecule has 0 aliphatic rings. The molecule has 0 aromatic heterocycles. The van der Waals surface area contributed by atoms with Crippen LogP contribution in [0.15, 0.2) is 36.4 Å². The largest absolute Gasteiger partial charge is 0.497 e. The van der Waals surface area contributed by atoms with E-state index in [4.69, 9.17) is 25.5 Å². The molecule has 9 heteroatoms. The predicted octanol–water partition coefficient (Wildman–Crippen LogP) is 6.58. The molecule has 0 fully saturated rings. The molecule has 2 N–H and O–H groups in total. The maximum absolute atomic E-state index is 14.3. The lowest BCUT2D eigenvalue weighted by molar-refractivity contribution is -0.138. The first-order valence-corrected chi connectivity index (χ1v) is 14.9. The number of methoxy groups -OCH3 is 1. The van der Waals surface area contributed by atoms with Crippen LogP contribution >= 0.6 is 11.6 Å². The van der Waals surface area contributed by atoms with Crippen molar-refractivity contribution in [3.05, 3.63) is 58.4 Å². The molecule has 0 bridgehead atoms. The average molecular weight is 526 g/mol. The maximum Gasteiger partial charge on any atom is 0.305 e. The van der Waals surface area contributed by atoms with Gasteiger partial charge >= 0.3 is 5.97 Å². The number of hydrogen-bond donors (Lipinski definition) is 2. The summed E-state index contributed by atoms with van der Waals surface area (Å²) in [6, 6.07) is 9.51. The standard InChI is InChI=1S/C26H37ClFNO5Si/c1-17(29-15-21(14-25(30)31)34-35(6,7)26(2,3)4)22-12-18(28)13-24(27)23(22)16-33-20-10-8-19(32-5)9-11-20/h8-13,17,21,29H,14-16H2,1-7H3,(H,30,31)/t17-,21?/m0/s1. The molecule has 35 heavy (non-hydrogen) atoms. The number of hydrogen-bond acceptors (Lipinski definition) is 5. The molecule has 0 heterocycles. The lowest BCUT2D eigenvalue weighted by Gasteiger charge is -2.39. The van der Waals surface area contributed by atoms with E-state index >= 15 is 0 Å². The van der Waals surface area contributed by atoms with Crippen molar-refractivity contribution < 1.29 is 28.2 Å². The van der Waals surface area contributed by atoms with Gasteiger partial charge in [0.15, 0.2) is 8.32 Å². The molecule has 0 amide bonds. The van der Waals surface area contributed by atoms with E-state index in [9.17, 15) is 14.3 Å². The number of carboxylic acids is 1. The van der Waals surface area contributed by atoms with Crippen molar-refractivity contribution in [2.24, 2.45) is 0 Å². The normalized spacial score (nSPS) is 13.9. The summed E-state index contributed by atoms with van der Waals surface area (Å²) in [6.45, 7) is 12.8. The fraction of sp³-hybridized carbons (Fsp3) is 0.500. The highest BCUT2D eigenvalue weighted by Crippen LogP contribution is 2.37. The van der Waals surface area contributed by atoms with E-state index < -0.39 is 26.2 Å². The predicted molar refractivity (Wildman–Crippen MR) is 139 cm³/mol. The highest BCUT2D eigenvalue weighted by atomic mass is 35.5. The average Bonchev–Trinajstić information content (AvgIpc) is 2.75. The number of nitrogens with one attached hydrogen (secondary N) is 1. The van der Waals surface area contributed by atoms with Crippen LogP contribution in [0.4, 0.5) is 4.39 Å². The van der Waals surface area contributed by atoms with Gasteiger partial charge in [0.1, 0.15) is 23.9 Å². The number of benzene rings is 2. The number of carbonyl (C=O) groups is 1. The Bertz CT molecular complexity index is 994. The molecule has 0 saturated heterocycles. The summed E-state index contributed by atoms with van der Waals surface area (Å²) in [5, 5.41) is 12.9. The van der Waals surface area contributed by atoms with E-state index in [0.29, 0.717) is 29.2 Å². The van der Waals surface area contributed by atoms with Crippen LogP contribution in [0, 0.1) is 5.82 Å². The van der Waals surface area contributed by atoms with E-state index in [0.717, 1.165) is 0 Å². The molecule has 194 valence electrons. The molecular formula is C26H37ClFNO5Si. The van der Waals surface area contributed by atoms with E-state index in [1.54, 1.807) is 31.4 Å². The molecule has 0 aliphatic heterocycles. The minimum Gasteiger partial charge on any atom is -0.497 e. The molecule has 2 atom stereocenters. The Balaban J connectivity index is 2.18. The Kier molecular flexibility index (Phi) is 10.2. The van der Waals surface area contributed by atoms with Gasteiger partial charge in [-0.15, -0.1) is 0 Å². The lowest BCUT2D eigenvalue weighted by atomic mass is 10.0. The maximum atomic E-state index is 14.3. The second-order valence-corrected chi connectivity index (χ2v) is 15.3. The van der Waals surface area contributed by atoms with Crippen molar-refractivity contribution in [2.45, 2.75) is 71.0 Å². The number of ether oxygens (including phenoxy) is 2. The van der Waals surface area contributed by atoms with Gasteiger partial charge in [-0.25, -0.2) is 4.39 Å². The number of rotatable bonds is 12. The second-order valence-electron chi connectivity index (χ2n) is 10.1. The van der Waals surface area contributed by atoms with E-state index in [1.165, 1.54) is 12.1 Å². The zero-order valence-electron chi connectivity index (χ0n) is 21.6. The summed E-state index contributed by atoms with van der Waals surface area (Å²) in [7, 11) is -0.595. The third kappa shape index (κ3) is 8.49. The van der Waals surface area contributed by atoms with Crippen LogP contribution in [0.1, 0.15) is 51.3 Å². The molecule has 1 unspecified atom stereocenters. The molecule has 2 aromatic rings. The van der Waals surface area contributed by atoms with Gasteiger partial charge in [0, 0.05) is 18.2 Å². The molecule has 2 aromatic carbocycles. The van der Waals surface area contributed by atoms with Crippen LogP contribution < -0.4 is 14.8 Å². The van der Waals surface area contributed by atoms with Crippen molar-refractivity contribution in [3.63, 3.8) is 0 Å². The fourth-order valence-corrected chi connectivity index (χ4v) is 4.97. The lowest BCUT2D eigenvalue weighted by Crippen LogP contribution is -2.47. The third-order valence-electron chi connectivity index (χ3n) is 6.43. The Morgan fingerprint density at radius 1 is 1.17 bits per heavy atom. The van der Waals surface area contributed by atoms with Gasteiger partial charge < -0.3 is 24.3 Å². The smallest absolute Gasteiger partial charge is 0.305 e. The van der Waals surface area contributed by atoms with Crippen LogP contribution in [-0.4, -0.2) is 39.2 Å². The summed E-state index contributed by atoms with van der Waals surface area (Å²) >= 11 is 6.40. The molecule has 2 rings (SSSR count). The molecule has 0 spiro atoms. The van der Waals surface area contributed by atoms with E-state index in [-0.39, 0.29) is 29.1 Å². The van der Waals surface area contributed by atoms with Crippen molar-refractivity contribution in [1.29, 1.82) is 0 Å². The van der Waals surface area contributed by atoms with Gasteiger partial charge in [-0.2, -0.15) is 0 Å².